The van der Waals surface area contributed by atoms with Crippen molar-refractivity contribution in [3.8, 4) is 0 Å². The van der Waals surface area contributed by atoms with Gasteiger partial charge in [0, 0.05) is 31.1 Å². The van der Waals surface area contributed by atoms with E-state index in [1.165, 1.54) is 40.5 Å². The predicted molar refractivity (Wildman–Crippen MR) is 119 cm³/mol. The van der Waals surface area contributed by atoms with Crippen molar-refractivity contribution in [3.63, 3.8) is 0 Å². The molecule has 2 aromatic rings. The van der Waals surface area contributed by atoms with Crippen LogP contribution in [0.25, 0.3) is 0 Å². The maximum absolute atomic E-state index is 14.1. The molecule has 2 aliphatic rings. The number of aromatic nitrogens is 1. The Morgan fingerprint density at radius 3 is 2.71 bits per heavy atom. The van der Waals surface area contributed by atoms with Crippen LogP contribution in [0.1, 0.15) is 23.9 Å². The fourth-order valence-corrected chi connectivity index (χ4v) is 4.67. The third-order valence-corrected chi connectivity index (χ3v) is 6.49. The lowest BCUT2D eigenvalue weighted by molar-refractivity contribution is -0.142. The number of hydrogen-bond donors (Lipinski definition) is 2. The van der Waals surface area contributed by atoms with Gasteiger partial charge < -0.3 is 19.9 Å². The molecule has 3 heterocycles. The zero-order chi connectivity index (χ0) is 24.5. The summed E-state index contributed by atoms with van der Waals surface area (Å²) in [5.74, 6) is -1.24. The summed E-state index contributed by atoms with van der Waals surface area (Å²) in [7, 11) is 1.15. The van der Waals surface area contributed by atoms with Crippen molar-refractivity contribution in [1.29, 1.82) is 0 Å². The molecule has 9 nitrogen and oxygen atoms in total. The molecule has 0 bridgehead atoms. The lowest BCUT2D eigenvalue weighted by Crippen LogP contribution is -2.46. The summed E-state index contributed by atoms with van der Waals surface area (Å²) < 4.78 is 38.0. The maximum Gasteiger partial charge on any atom is 0.513 e. The van der Waals surface area contributed by atoms with E-state index in [0.717, 1.165) is 7.11 Å². The Labute approximate surface area is 197 Å². The zero-order valence-electron chi connectivity index (χ0n) is 18.3. The van der Waals surface area contributed by atoms with Gasteiger partial charge in [-0.15, -0.1) is 11.3 Å². The van der Waals surface area contributed by atoms with Crippen LogP contribution in [0.5, 0.6) is 0 Å². The summed E-state index contributed by atoms with van der Waals surface area (Å²) in [4.78, 5) is 34.4. The first-order valence-electron chi connectivity index (χ1n) is 10.3. The molecule has 12 heteroatoms. The third kappa shape index (κ3) is 4.64. The van der Waals surface area contributed by atoms with Gasteiger partial charge in [0.25, 0.3) is 0 Å². The molecule has 0 spiro atoms. The second-order valence-corrected chi connectivity index (χ2v) is 8.88. The van der Waals surface area contributed by atoms with E-state index in [1.807, 2.05) is 0 Å². The van der Waals surface area contributed by atoms with Gasteiger partial charge in [0.2, 0.25) is 0 Å². The van der Waals surface area contributed by atoms with E-state index >= 15 is 0 Å². The summed E-state index contributed by atoms with van der Waals surface area (Å²) in [6, 6.07) is 4.48. The van der Waals surface area contributed by atoms with Crippen molar-refractivity contribution >= 4 is 29.3 Å². The number of rotatable bonds is 6. The van der Waals surface area contributed by atoms with E-state index < -0.39 is 35.7 Å². The normalized spacial score (nSPS) is 25.0. The molecule has 180 valence electrons. The Balaban J connectivity index is 1.84. The van der Waals surface area contributed by atoms with Crippen molar-refractivity contribution in [1.82, 2.24) is 15.2 Å². The van der Waals surface area contributed by atoms with Gasteiger partial charge in [-0.3, -0.25) is 9.69 Å². The van der Waals surface area contributed by atoms with Crippen molar-refractivity contribution in [3.05, 3.63) is 63.7 Å². The largest absolute Gasteiger partial charge is 0.513 e. The molecule has 4 rings (SSSR count). The number of carbonyl (C=O) groups excluding carboxylic acids is 1. The second-order valence-electron chi connectivity index (χ2n) is 7.98. The number of nitrogens with one attached hydrogen (secondary N) is 1. The number of aliphatic imine (C=N–C) groups is 1. The highest BCUT2D eigenvalue weighted by molar-refractivity contribution is 7.11. The lowest BCUT2D eigenvalue weighted by atomic mass is 9.88. The molecule has 2 aliphatic heterocycles. The van der Waals surface area contributed by atoms with Gasteiger partial charge in [-0.25, -0.2) is 23.6 Å². The van der Waals surface area contributed by atoms with E-state index in [0.29, 0.717) is 16.4 Å². The summed E-state index contributed by atoms with van der Waals surface area (Å²) in [6.45, 7) is 1.49. The summed E-state index contributed by atoms with van der Waals surface area (Å²) >= 11 is 1.31. The van der Waals surface area contributed by atoms with E-state index in [9.17, 15) is 23.5 Å². The summed E-state index contributed by atoms with van der Waals surface area (Å²) in [5.41, 5.74) is -0.546. The molecule has 2 N–H and O–H groups in total. The molecule has 0 amide bonds. The van der Waals surface area contributed by atoms with E-state index in [4.69, 9.17) is 9.73 Å². The molecule has 34 heavy (non-hydrogen) atoms. The number of alkyl halides is 1. The predicted octanol–water partition coefficient (Wildman–Crippen LogP) is 3.04. The van der Waals surface area contributed by atoms with Crippen molar-refractivity contribution in [2.24, 2.45) is 4.99 Å². The standard InChI is InChI=1S/C22H22F2N4O5S/c1-22(12-3-5-13(23)6-4-12)17(33-21(31)32-2)15(26-18(27-22)19-25-7-8-34-19)11-28-10-14(24)9-16(28)20(29)30/h3-8,14,16H,9-11H2,1-2H3,(H,26,27)(H,29,30)/t14-,16+,22+/m1/s1. The van der Waals surface area contributed by atoms with E-state index in [-0.39, 0.29) is 31.0 Å². The van der Waals surface area contributed by atoms with Gasteiger partial charge in [-0.05, 0) is 24.6 Å². The van der Waals surface area contributed by atoms with Crippen LogP contribution in [0.2, 0.25) is 0 Å². The van der Waals surface area contributed by atoms with Crippen LogP contribution >= 0.6 is 11.3 Å². The topological polar surface area (TPSA) is 113 Å². The number of hydrogen-bond acceptors (Lipinski definition) is 9. The molecule has 0 radical (unpaired) electrons. The number of carboxylic acids is 1. The first kappa shape index (κ1) is 23.8. The average molecular weight is 493 g/mol. The van der Waals surface area contributed by atoms with Gasteiger partial charge in [0.1, 0.15) is 23.6 Å². The van der Waals surface area contributed by atoms with Gasteiger partial charge in [0.15, 0.2) is 16.6 Å². The fraction of sp³-hybridized carbons (Fsp3) is 0.364. The maximum atomic E-state index is 14.1. The Morgan fingerprint density at radius 1 is 1.35 bits per heavy atom. The summed E-state index contributed by atoms with van der Waals surface area (Å²) in [5, 5.41) is 14.9. The molecule has 1 aromatic heterocycles. The molecule has 0 unspecified atom stereocenters. The average Bonchev–Trinajstić information content (AvgIpc) is 3.46. The number of halogens is 2. The van der Waals surface area contributed by atoms with Gasteiger partial charge >= 0.3 is 12.1 Å². The number of thiazole rings is 1. The number of ether oxygens (including phenoxy) is 2. The molecule has 0 aliphatic carbocycles. The Kier molecular flexibility index (Phi) is 6.62. The minimum atomic E-state index is -1.34. The van der Waals surface area contributed by atoms with Crippen LogP contribution in [-0.2, 0) is 19.8 Å². The van der Waals surface area contributed by atoms with E-state index in [2.05, 4.69) is 15.0 Å². The Morgan fingerprint density at radius 2 is 2.09 bits per heavy atom. The smallest absolute Gasteiger partial charge is 0.480 e. The van der Waals surface area contributed by atoms with E-state index in [1.54, 1.807) is 18.5 Å². The van der Waals surface area contributed by atoms with Crippen LogP contribution in [0.4, 0.5) is 13.6 Å². The zero-order valence-corrected chi connectivity index (χ0v) is 19.1. The summed E-state index contributed by atoms with van der Waals surface area (Å²) in [6.07, 6.45) is -0.892. The molecule has 0 saturated carbocycles. The Hall–Kier alpha value is -3.38. The van der Waals surface area contributed by atoms with Gasteiger partial charge in [-0.1, -0.05) is 12.1 Å². The molecule has 1 saturated heterocycles. The number of methoxy groups -OCH3 is 1. The fourth-order valence-electron chi connectivity index (χ4n) is 4.09. The van der Waals surface area contributed by atoms with Crippen LogP contribution in [0.3, 0.4) is 0 Å². The highest BCUT2D eigenvalue weighted by Crippen LogP contribution is 2.39. The minimum Gasteiger partial charge on any atom is -0.480 e. The first-order valence-corrected chi connectivity index (χ1v) is 11.2. The monoisotopic (exact) mass is 492 g/mol. The minimum absolute atomic E-state index is 0.0257. The van der Waals surface area contributed by atoms with Crippen LogP contribution < -0.4 is 5.32 Å². The highest BCUT2D eigenvalue weighted by atomic mass is 32.1. The first-order chi connectivity index (χ1) is 16.2. The number of benzene rings is 1. The molecular formula is C22H22F2N4O5S. The van der Waals surface area contributed by atoms with Gasteiger partial charge in [-0.2, -0.15) is 0 Å². The van der Waals surface area contributed by atoms with Crippen molar-refractivity contribution in [2.75, 3.05) is 20.2 Å². The van der Waals surface area contributed by atoms with Gasteiger partial charge in [0.05, 0.1) is 12.8 Å². The van der Waals surface area contributed by atoms with Crippen LogP contribution in [0, 0.1) is 5.82 Å². The number of carbonyl (C=O) groups is 2. The number of likely N-dealkylation sites (tertiary alicyclic amines) is 1. The number of amidine groups is 1. The number of nitrogens with zero attached hydrogens (tertiary/aromatic N) is 3. The van der Waals surface area contributed by atoms with Crippen LogP contribution in [-0.4, -0.2) is 65.4 Å². The van der Waals surface area contributed by atoms with Crippen molar-refractivity contribution < 1.29 is 33.0 Å². The molecule has 1 fully saturated rings. The number of carboxylic acid groups (broad SMARTS) is 1. The molecular weight excluding hydrogens is 470 g/mol. The SMILES string of the molecule is COC(=O)OC1=C(CN2C[C@H](F)C[C@H]2C(=O)O)NC(c2nccs2)=N[C@@]1(C)c1ccc(F)cc1. The lowest BCUT2D eigenvalue weighted by Gasteiger charge is -2.36. The number of aliphatic carboxylic acids is 1. The second kappa shape index (κ2) is 9.47. The molecule has 3 atom stereocenters. The van der Waals surface area contributed by atoms with Crippen LogP contribution in [0.15, 0.2) is 52.3 Å². The quantitative estimate of drug-likeness (QED) is 0.592. The van der Waals surface area contributed by atoms with Crippen molar-refractivity contribution in [2.45, 2.75) is 31.1 Å². The Bertz CT molecular complexity index is 1140. The molecule has 1 aromatic carbocycles. The highest BCUT2D eigenvalue weighted by Gasteiger charge is 2.44. The third-order valence-electron chi connectivity index (χ3n) is 5.71.